The molecule has 9 aromatic carbocycles. The Morgan fingerprint density at radius 2 is 0.717 bits per heavy atom. The minimum atomic E-state index is 0.00823. The summed E-state index contributed by atoms with van der Waals surface area (Å²) in [7, 11) is 0. The highest BCUT2D eigenvalue weighted by Crippen LogP contribution is 2.44. The van der Waals surface area contributed by atoms with E-state index in [2.05, 4.69) is 156 Å². The van der Waals surface area contributed by atoms with Crippen LogP contribution in [0.3, 0.4) is 0 Å². The SMILES string of the molecule is c1cc2c3c(c1)B(c1cccc4oc5ccccc5c14)c1ccc4c5ccccc5c5ccc(c6c5c4c1n6-3)B2c1cccc2oc3ccccc3c12. The van der Waals surface area contributed by atoms with Gasteiger partial charge < -0.3 is 13.4 Å². The normalized spacial score (nSPS) is 13.6. The van der Waals surface area contributed by atoms with Crippen molar-refractivity contribution in [3.63, 3.8) is 0 Å². The summed E-state index contributed by atoms with van der Waals surface area (Å²) in [5, 5.41) is 12.7. The Morgan fingerprint density at radius 3 is 1.23 bits per heavy atom. The second-order valence-electron chi connectivity index (χ2n) is 15.0. The zero-order chi connectivity index (χ0) is 34.1. The van der Waals surface area contributed by atoms with Crippen molar-refractivity contribution in [1.29, 1.82) is 0 Å². The van der Waals surface area contributed by atoms with Gasteiger partial charge in [0.05, 0.1) is 0 Å². The van der Waals surface area contributed by atoms with Crippen LogP contribution in [0.15, 0.2) is 160 Å². The number of aromatic nitrogens is 1. The molecule has 2 aliphatic heterocycles. The fourth-order valence-electron chi connectivity index (χ4n) is 10.8. The van der Waals surface area contributed by atoms with Crippen molar-refractivity contribution in [2.45, 2.75) is 0 Å². The first-order chi connectivity index (χ1) is 26.3. The summed E-state index contributed by atoms with van der Waals surface area (Å²) >= 11 is 0. The number of hydrogen-bond donors (Lipinski definition) is 0. The highest BCUT2D eigenvalue weighted by Gasteiger charge is 2.43. The van der Waals surface area contributed by atoms with Crippen LogP contribution in [0.4, 0.5) is 0 Å². The third-order valence-corrected chi connectivity index (χ3v) is 12.7. The van der Waals surface area contributed by atoms with Crippen molar-refractivity contribution in [2.24, 2.45) is 0 Å². The number of fused-ring (bicyclic) bond motifs is 9. The summed E-state index contributed by atoms with van der Waals surface area (Å²) in [4.78, 5) is 0. The lowest BCUT2D eigenvalue weighted by Gasteiger charge is -2.34. The molecule has 0 radical (unpaired) electrons. The number of benzene rings is 9. The zero-order valence-electron chi connectivity index (χ0n) is 28.4. The molecule has 53 heavy (non-hydrogen) atoms. The fourth-order valence-corrected chi connectivity index (χ4v) is 10.8. The highest BCUT2D eigenvalue weighted by molar-refractivity contribution is 7.03. The lowest BCUT2D eigenvalue weighted by Crippen LogP contribution is -2.63. The molecule has 0 saturated heterocycles. The van der Waals surface area contributed by atoms with Crippen molar-refractivity contribution >= 4 is 133 Å². The van der Waals surface area contributed by atoms with E-state index in [1.807, 2.05) is 0 Å². The van der Waals surface area contributed by atoms with E-state index < -0.39 is 0 Å². The first kappa shape index (κ1) is 27.0. The molecule has 0 amide bonds. The summed E-state index contributed by atoms with van der Waals surface area (Å²) in [5.74, 6) is 0. The van der Waals surface area contributed by atoms with Crippen molar-refractivity contribution < 1.29 is 8.83 Å². The Labute approximate surface area is 303 Å². The maximum absolute atomic E-state index is 6.51. The van der Waals surface area contributed by atoms with Gasteiger partial charge in [-0.1, -0.05) is 138 Å². The van der Waals surface area contributed by atoms with E-state index in [0.717, 1.165) is 33.1 Å². The van der Waals surface area contributed by atoms with Gasteiger partial charge in [0.2, 0.25) is 13.4 Å². The van der Waals surface area contributed by atoms with Crippen molar-refractivity contribution in [2.75, 3.05) is 0 Å². The first-order valence-corrected chi connectivity index (χ1v) is 18.5. The molecule has 0 saturated carbocycles. The molecule has 3 nitrogen and oxygen atoms in total. The molecule has 0 unspecified atom stereocenters. The second kappa shape index (κ2) is 9.20. The van der Waals surface area contributed by atoms with Crippen LogP contribution in [-0.2, 0) is 0 Å². The number of furan rings is 2. The van der Waals surface area contributed by atoms with E-state index in [-0.39, 0.29) is 13.4 Å². The summed E-state index contributed by atoms with van der Waals surface area (Å²) < 4.78 is 15.7. The monoisotopic (exact) mass is 669 g/mol. The highest BCUT2D eigenvalue weighted by atomic mass is 16.3. The lowest BCUT2D eigenvalue weighted by atomic mass is 9.31. The van der Waals surface area contributed by atoms with Gasteiger partial charge in [0.15, 0.2) is 0 Å². The van der Waals surface area contributed by atoms with Gasteiger partial charge in [0, 0.05) is 49.0 Å². The van der Waals surface area contributed by atoms with Crippen LogP contribution >= 0.6 is 0 Å². The summed E-state index contributed by atoms with van der Waals surface area (Å²) in [6.45, 7) is 0.0165. The third kappa shape index (κ3) is 3.07. The quantitative estimate of drug-likeness (QED) is 0.138. The molecule has 12 aromatic rings. The smallest absolute Gasteiger partial charge is 0.247 e. The zero-order valence-corrected chi connectivity index (χ0v) is 28.4. The van der Waals surface area contributed by atoms with Crippen molar-refractivity contribution in [1.82, 2.24) is 4.57 Å². The second-order valence-corrected chi connectivity index (χ2v) is 15.0. The van der Waals surface area contributed by atoms with E-state index in [0.29, 0.717) is 0 Å². The van der Waals surface area contributed by atoms with Gasteiger partial charge in [-0.05, 0) is 67.7 Å². The molecule has 0 fully saturated rings. The van der Waals surface area contributed by atoms with Crippen LogP contribution < -0.4 is 32.8 Å². The molecule has 240 valence electrons. The molecule has 3 aromatic heterocycles. The van der Waals surface area contributed by atoms with Gasteiger partial charge in [0.1, 0.15) is 22.3 Å². The average Bonchev–Trinajstić information content (AvgIpc) is 3.90. The molecular weight excluding hydrogens is 644 g/mol. The van der Waals surface area contributed by atoms with Gasteiger partial charge >= 0.3 is 0 Å². The molecule has 0 spiro atoms. The number of hydrogen-bond acceptors (Lipinski definition) is 2. The van der Waals surface area contributed by atoms with Crippen LogP contribution in [0.2, 0.25) is 0 Å². The Kier molecular flexibility index (Phi) is 4.69. The maximum Gasteiger partial charge on any atom is 0.247 e. The Morgan fingerprint density at radius 1 is 0.302 bits per heavy atom. The molecule has 2 aliphatic rings. The Balaban J connectivity index is 1.21. The van der Waals surface area contributed by atoms with E-state index >= 15 is 0 Å². The number of rotatable bonds is 2. The van der Waals surface area contributed by atoms with E-state index in [1.54, 1.807) is 0 Å². The summed E-state index contributed by atoms with van der Waals surface area (Å²) in [6.07, 6.45) is 0. The van der Waals surface area contributed by atoms with Crippen LogP contribution in [0.5, 0.6) is 0 Å². The summed E-state index contributed by atoms with van der Waals surface area (Å²) in [6, 6.07) is 55.9. The Hall–Kier alpha value is -6.71. The molecule has 14 rings (SSSR count). The van der Waals surface area contributed by atoms with Gasteiger partial charge in [-0.3, -0.25) is 0 Å². The predicted molar refractivity (Wildman–Crippen MR) is 224 cm³/mol. The standard InChI is InChI=1S/C48H25B2NO2/c1-2-11-27-26(10-1)28-22-24-36-47-44(28)45-29(27)23-25-37-48(45)51(47)46-34(49(36)32-14-8-20-40-42(32)30-12-3-5-18-38(30)52-40)16-7-17-35(46)50(37)33-15-9-21-41-43(33)31-13-4-6-19-39(31)53-41/h1-25H. The topological polar surface area (TPSA) is 31.2 Å². The maximum atomic E-state index is 6.51. The fraction of sp³-hybridized carbons (Fsp3) is 0. The van der Waals surface area contributed by atoms with Crippen LogP contribution in [0.25, 0.3) is 92.9 Å². The van der Waals surface area contributed by atoms with Gasteiger partial charge in [-0.15, -0.1) is 0 Å². The molecule has 0 atom stereocenters. The molecule has 0 N–H and O–H groups in total. The van der Waals surface area contributed by atoms with Crippen molar-refractivity contribution in [3.05, 3.63) is 152 Å². The first-order valence-electron chi connectivity index (χ1n) is 18.5. The van der Waals surface area contributed by atoms with E-state index in [9.17, 15) is 0 Å². The average molecular weight is 669 g/mol. The van der Waals surface area contributed by atoms with E-state index in [1.165, 1.54) is 92.6 Å². The minimum absolute atomic E-state index is 0.00823. The van der Waals surface area contributed by atoms with Gasteiger partial charge in [-0.2, -0.15) is 0 Å². The molecule has 5 heteroatoms. The Bertz CT molecular complexity index is 3370. The number of nitrogens with zero attached hydrogens (tertiary/aromatic N) is 1. The van der Waals surface area contributed by atoms with Crippen LogP contribution in [0, 0.1) is 0 Å². The molecule has 5 heterocycles. The minimum Gasteiger partial charge on any atom is -0.456 e. The van der Waals surface area contributed by atoms with Gasteiger partial charge in [0.25, 0.3) is 0 Å². The van der Waals surface area contributed by atoms with Gasteiger partial charge in [-0.25, -0.2) is 0 Å². The molecular formula is C48H25B2NO2. The molecule has 0 aliphatic carbocycles. The third-order valence-electron chi connectivity index (χ3n) is 12.7. The number of para-hydroxylation sites is 3. The van der Waals surface area contributed by atoms with Crippen LogP contribution in [0.1, 0.15) is 0 Å². The van der Waals surface area contributed by atoms with E-state index in [4.69, 9.17) is 8.83 Å². The van der Waals surface area contributed by atoms with Crippen molar-refractivity contribution in [3.8, 4) is 5.69 Å². The largest absolute Gasteiger partial charge is 0.456 e. The molecule has 0 bridgehead atoms. The predicted octanol–water partition coefficient (Wildman–Crippen LogP) is 7.99. The summed E-state index contributed by atoms with van der Waals surface area (Å²) in [5.41, 5.74) is 15.6. The lowest BCUT2D eigenvalue weighted by molar-refractivity contribution is 0.668. The van der Waals surface area contributed by atoms with Crippen LogP contribution in [-0.4, -0.2) is 18.0 Å².